The Bertz CT molecular complexity index is 589. The van der Waals surface area contributed by atoms with E-state index in [9.17, 15) is 22.6 Å². The van der Waals surface area contributed by atoms with E-state index in [1.165, 1.54) is 6.92 Å². The smallest absolute Gasteiger partial charge is 0.748 e. The summed E-state index contributed by atoms with van der Waals surface area (Å²) in [6.07, 6.45) is -0.840. The van der Waals surface area contributed by atoms with Gasteiger partial charge in [0.2, 0.25) is 0 Å². The Morgan fingerprint density at radius 1 is 1.40 bits per heavy atom. The Morgan fingerprint density at radius 3 is 2.55 bits per heavy atom. The van der Waals surface area contributed by atoms with E-state index in [2.05, 4.69) is 18.9 Å². The van der Waals surface area contributed by atoms with Crippen molar-refractivity contribution in [3.63, 3.8) is 0 Å². The summed E-state index contributed by atoms with van der Waals surface area (Å²) in [6, 6.07) is 0. The minimum atomic E-state index is -4.28. The van der Waals surface area contributed by atoms with Gasteiger partial charge in [-0.05, 0) is 13.3 Å². The number of ether oxygens (including phenoxy) is 1. The molecule has 1 aromatic rings. The molecule has 0 saturated carbocycles. The van der Waals surface area contributed by atoms with Crippen molar-refractivity contribution < 1.29 is 60.9 Å². The molecule has 0 aromatic carbocycles. The van der Waals surface area contributed by atoms with Gasteiger partial charge in [0.05, 0.1) is 10.1 Å². The largest absolute Gasteiger partial charge is 1.00 e. The monoisotopic (exact) mass is 317 g/mol. The topological polar surface area (TPSA) is 139 Å². The van der Waals surface area contributed by atoms with E-state index in [0.717, 1.165) is 0 Å². The fourth-order valence-electron chi connectivity index (χ4n) is 1.13. The summed E-state index contributed by atoms with van der Waals surface area (Å²) in [6.45, 7) is 1.17. The average Bonchev–Trinajstić information content (AvgIpc) is 2.59. The predicted octanol–water partition coefficient (Wildman–Crippen LogP) is -3.29. The number of amides is 1. The Kier molecular flexibility index (Phi) is 8.13. The van der Waals surface area contributed by atoms with Gasteiger partial charge in [-0.2, -0.15) is 0 Å². The van der Waals surface area contributed by atoms with Crippen LogP contribution in [0.5, 0.6) is 0 Å². The molecule has 0 fully saturated rings. The second-order valence-corrected chi connectivity index (χ2v) is 5.08. The third-order valence-corrected chi connectivity index (χ3v) is 2.80. The normalized spacial score (nSPS) is 10.7. The molecule has 0 aliphatic heterocycles. The van der Waals surface area contributed by atoms with Crippen LogP contribution in [0, 0.1) is 6.92 Å². The first-order valence-corrected chi connectivity index (χ1v) is 6.79. The molecule has 0 radical (unpaired) electrons. The molecule has 1 N–H and O–H groups in total. The van der Waals surface area contributed by atoms with Crippen LogP contribution in [0.15, 0.2) is 13.6 Å². The van der Waals surface area contributed by atoms with E-state index in [-0.39, 0.29) is 60.7 Å². The summed E-state index contributed by atoms with van der Waals surface area (Å²) in [7, 11) is -4.28. The van der Waals surface area contributed by atoms with Crippen molar-refractivity contribution in [3.05, 3.63) is 22.1 Å². The quantitative estimate of drug-likeness (QED) is 0.327. The van der Waals surface area contributed by atoms with Crippen LogP contribution in [0.4, 0.5) is 4.79 Å². The first-order chi connectivity index (χ1) is 8.78. The van der Waals surface area contributed by atoms with Gasteiger partial charge < -0.3 is 23.4 Å². The van der Waals surface area contributed by atoms with Gasteiger partial charge in [0.25, 0.3) is 0 Å². The Labute approximate surface area is 136 Å². The molecule has 0 saturated heterocycles. The molecule has 0 spiro atoms. The molecule has 108 valence electrons. The molecule has 1 aromatic heterocycles. The Balaban J connectivity index is 0.00000361. The molecule has 0 atom stereocenters. The number of hydrogen-bond donors (Lipinski definition) is 1. The van der Waals surface area contributed by atoms with Crippen molar-refractivity contribution in [2.24, 2.45) is 0 Å². The van der Waals surface area contributed by atoms with Crippen molar-refractivity contribution >= 4 is 16.2 Å². The molecule has 20 heavy (non-hydrogen) atoms. The molecule has 1 heterocycles. The fourth-order valence-corrected chi connectivity index (χ4v) is 1.63. The van der Waals surface area contributed by atoms with Crippen LogP contribution in [0.2, 0.25) is 0 Å². The van der Waals surface area contributed by atoms with E-state index < -0.39 is 27.8 Å². The third-order valence-electron chi connectivity index (χ3n) is 2.01. The Hall–Kier alpha value is -0.810. The van der Waals surface area contributed by atoms with E-state index in [1.54, 1.807) is 0 Å². The first-order valence-electron chi connectivity index (χ1n) is 5.21. The van der Waals surface area contributed by atoms with Crippen molar-refractivity contribution in [3.8, 4) is 0 Å². The second kappa shape index (κ2) is 8.47. The number of hydrogen-bond acceptors (Lipinski definition) is 8. The van der Waals surface area contributed by atoms with Crippen LogP contribution in [0.1, 0.15) is 17.9 Å². The van der Waals surface area contributed by atoms with Crippen molar-refractivity contribution in [1.82, 2.24) is 5.32 Å². The van der Waals surface area contributed by atoms with Gasteiger partial charge >= 0.3 is 41.5 Å². The van der Waals surface area contributed by atoms with Crippen LogP contribution in [0.25, 0.3) is 0 Å². The maximum Gasteiger partial charge on any atom is 1.00 e. The first kappa shape index (κ1) is 19.2. The van der Waals surface area contributed by atoms with Crippen molar-refractivity contribution in [2.45, 2.75) is 20.0 Å². The fraction of sp³-hybridized carbons (Fsp3) is 0.556. The summed E-state index contributed by atoms with van der Waals surface area (Å²) in [4.78, 5) is 21.8. The minimum absolute atomic E-state index is 0. The number of carbonyl (C=O) groups excluding carboxylic acids is 1. The number of nitrogens with one attached hydrogen (secondary N) is 1. The number of aryl methyl sites for hydroxylation is 1. The van der Waals surface area contributed by atoms with Gasteiger partial charge in [-0.15, -0.1) is 0 Å². The van der Waals surface area contributed by atoms with Gasteiger partial charge in [-0.3, -0.25) is 0 Å². The average molecular weight is 317 g/mol. The van der Waals surface area contributed by atoms with Gasteiger partial charge in [0.1, 0.15) is 0 Å². The van der Waals surface area contributed by atoms with E-state index in [0.29, 0.717) is 0 Å². The second-order valence-electron chi connectivity index (χ2n) is 3.55. The molecule has 0 bridgehead atoms. The molecule has 1 rings (SSSR count). The van der Waals surface area contributed by atoms with Crippen LogP contribution < -0.4 is 40.7 Å². The van der Waals surface area contributed by atoms with Crippen LogP contribution >= 0.6 is 0 Å². The molecule has 9 nitrogen and oxygen atoms in total. The van der Waals surface area contributed by atoms with Gasteiger partial charge in [0, 0.05) is 12.3 Å². The standard InChI is InChI=1S/C9H13NO8S.Na/c1-6-7(18-9(12)17-6)5-16-8(11)10-3-2-4-19(13,14)15;/h2-5H2,1H3,(H,10,11)(H,13,14,15);/q;+1/p-1. The van der Waals surface area contributed by atoms with Gasteiger partial charge in [0.15, 0.2) is 18.1 Å². The predicted molar refractivity (Wildman–Crippen MR) is 59.3 cm³/mol. The van der Waals surface area contributed by atoms with E-state index >= 15 is 0 Å². The summed E-state index contributed by atoms with van der Waals surface area (Å²) in [5.41, 5.74) is 0. The van der Waals surface area contributed by atoms with Crippen molar-refractivity contribution in [2.75, 3.05) is 12.3 Å². The van der Waals surface area contributed by atoms with Crippen LogP contribution in [-0.4, -0.2) is 31.4 Å². The van der Waals surface area contributed by atoms with Gasteiger partial charge in [-0.1, -0.05) is 0 Å². The van der Waals surface area contributed by atoms with Crippen molar-refractivity contribution in [1.29, 1.82) is 0 Å². The van der Waals surface area contributed by atoms with Crippen LogP contribution in [-0.2, 0) is 21.5 Å². The minimum Gasteiger partial charge on any atom is -0.748 e. The number of alkyl carbamates (subject to hydrolysis) is 1. The summed E-state index contributed by atoms with van der Waals surface area (Å²) < 4.78 is 44.6. The maximum absolute atomic E-state index is 11.1. The summed E-state index contributed by atoms with van der Waals surface area (Å²) in [5.74, 6) is -1.17. The zero-order chi connectivity index (χ0) is 14.5. The zero-order valence-corrected chi connectivity index (χ0v) is 13.8. The molecule has 11 heteroatoms. The molecule has 0 aliphatic carbocycles. The molecule has 0 aliphatic rings. The van der Waals surface area contributed by atoms with Crippen LogP contribution in [0.3, 0.4) is 0 Å². The zero-order valence-electron chi connectivity index (χ0n) is 11.0. The number of rotatable bonds is 6. The maximum atomic E-state index is 11.1. The summed E-state index contributed by atoms with van der Waals surface area (Å²) in [5, 5.41) is 2.24. The molecular formula is C9H12NNaO8S. The van der Waals surface area contributed by atoms with E-state index in [4.69, 9.17) is 0 Å². The molecule has 0 unspecified atom stereocenters. The van der Waals surface area contributed by atoms with E-state index in [1.807, 2.05) is 0 Å². The molecular weight excluding hydrogens is 305 g/mol. The number of carbonyl (C=O) groups is 1. The van der Waals surface area contributed by atoms with Gasteiger partial charge in [-0.25, -0.2) is 18.0 Å². The SMILES string of the molecule is Cc1oc(=O)oc1COC(=O)NCCCS(=O)(=O)[O-].[Na+]. The molecule has 1 amide bonds. The summed E-state index contributed by atoms with van der Waals surface area (Å²) >= 11 is 0. The Morgan fingerprint density at radius 2 is 2.05 bits per heavy atom. The third kappa shape index (κ3) is 7.70.